The third kappa shape index (κ3) is 4.06. The minimum atomic E-state index is -0.565. The second-order valence-corrected chi connectivity index (χ2v) is 6.52. The lowest BCUT2D eigenvalue weighted by Gasteiger charge is -2.13. The molecule has 0 fully saturated rings. The van der Waals surface area contributed by atoms with Crippen LogP contribution in [-0.2, 0) is 11.8 Å². The first-order valence-corrected chi connectivity index (χ1v) is 8.01. The first-order valence-electron chi connectivity index (χ1n) is 6.37. The molecule has 1 heterocycles. The Bertz CT molecular complexity index is 653. The molecule has 0 bridgehead atoms. The molecule has 2 rings (SSSR count). The van der Waals surface area contributed by atoms with Crippen LogP contribution in [0.25, 0.3) is 0 Å². The number of nitrogens with zero attached hydrogens (tertiary/aromatic N) is 2. The Hall–Kier alpha value is -1.44. The van der Waals surface area contributed by atoms with Crippen LogP contribution in [0.1, 0.15) is 13.3 Å². The fraction of sp³-hybridized carbons (Fsp3) is 0.308. The van der Waals surface area contributed by atoms with Crippen LogP contribution in [0, 0.1) is 0 Å². The summed E-state index contributed by atoms with van der Waals surface area (Å²) in [4.78, 5) is 12.3. The predicted molar refractivity (Wildman–Crippen MR) is 82.2 cm³/mol. The third-order valence-corrected chi connectivity index (χ3v) is 4.68. The molecule has 0 saturated heterocycles. The average Bonchev–Trinajstić information content (AvgIpc) is 2.74. The van der Waals surface area contributed by atoms with Crippen LogP contribution in [0.15, 0.2) is 27.7 Å². The molecule has 0 spiro atoms. The van der Waals surface area contributed by atoms with E-state index in [1.165, 1.54) is 4.68 Å². The number of carbonyl (C=O) groups is 1. The second kappa shape index (κ2) is 7.21. The molecular weight excluding hydrogens is 349 g/mol. The first-order chi connectivity index (χ1) is 10.4. The molecule has 1 atom stereocenters. The number of amides is 1. The van der Waals surface area contributed by atoms with Gasteiger partial charge in [0.05, 0.1) is 10.5 Å². The van der Waals surface area contributed by atoms with Gasteiger partial charge in [0.2, 0.25) is 5.91 Å². The molecule has 0 radical (unpaired) electrons. The van der Waals surface area contributed by atoms with Crippen LogP contribution >= 0.6 is 35.0 Å². The van der Waals surface area contributed by atoms with Gasteiger partial charge in [0.15, 0.2) is 13.0 Å². The summed E-state index contributed by atoms with van der Waals surface area (Å²) in [7, 11) is 1.58. The van der Waals surface area contributed by atoms with Crippen LogP contribution in [0.3, 0.4) is 0 Å². The molecule has 1 unspecified atom stereocenters. The molecule has 6 nitrogen and oxygen atoms in total. The van der Waals surface area contributed by atoms with E-state index < -0.39 is 11.2 Å². The molecule has 9 heteroatoms. The maximum absolute atomic E-state index is 12.3. The standard InChI is InChI=1S/C13H13Cl2N3O3S/c1-3-10(22-12-13(20)21-17-18(12)2)11(19)16-9-5-7(14)4-8(15)6-9/h4-6,10H,3H2,1-2H3,(H-,16,17,19,20). The number of rotatable bonds is 5. The Morgan fingerprint density at radius 2 is 2.09 bits per heavy atom. The van der Waals surface area contributed by atoms with Gasteiger partial charge in [-0.05, 0) is 36.4 Å². The summed E-state index contributed by atoms with van der Waals surface area (Å²) in [6, 6.07) is 4.77. The Labute approximate surface area is 141 Å². The first kappa shape index (κ1) is 16.9. The van der Waals surface area contributed by atoms with Crippen molar-refractivity contribution in [2.75, 3.05) is 5.32 Å². The second-order valence-electron chi connectivity index (χ2n) is 4.45. The zero-order valence-electron chi connectivity index (χ0n) is 11.8. The Balaban J connectivity index is 2.12. The molecule has 1 N–H and O–H groups in total. The Kier molecular flexibility index (Phi) is 5.55. The van der Waals surface area contributed by atoms with Gasteiger partial charge >= 0.3 is 0 Å². The number of nitrogens with one attached hydrogen (secondary N) is 1. The third-order valence-electron chi connectivity index (χ3n) is 2.76. The topological polar surface area (TPSA) is 82.1 Å². The van der Waals surface area contributed by atoms with Gasteiger partial charge in [-0.3, -0.25) is 4.79 Å². The number of anilines is 1. The molecule has 1 aromatic carbocycles. The molecule has 0 aliphatic carbocycles. The lowest BCUT2D eigenvalue weighted by Crippen LogP contribution is -2.34. The van der Waals surface area contributed by atoms with Crippen molar-refractivity contribution in [3.63, 3.8) is 0 Å². The van der Waals surface area contributed by atoms with E-state index in [4.69, 9.17) is 23.2 Å². The molecule has 0 saturated carbocycles. The van der Waals surface area contributed by atoms with Crippen molar-refractivity contribution in [1.82, 2.24) is 5.27 Å². The predicted octanol–water partition coefficient (Wildman–Crippen LogP) is 2.39. The van der Waals surface area contributed by atoms with E-state index in [0.29, 0.717) is 22.2 Å². The minimum absolute atomic E-state index is 0.258. The zero-order valence-corrected chi connectivity index (χ0v) is 14.1. The molecule has 0 aliphatic rings. The normalized spacial score (nSPS) is 12.2. The average molecular weight is 362 g/mol. The van der Waals surface area contributed by atoms with Crippen LogP contribution in [-0.4, -0.2) is 16.4 Å². The summed E-state index contributed by atoms with van der Waals surface area (Å²) >= 11 is 12.9. The number of aromatic nitrogens is 2. The van der Waals surface area contributed by atoms with E-state index in [9.17, 15) is 9.90 Å². The van der Waals surface area contributed by atoms with Gasteiger partial charge in [-0.1, -0.05) is 34.8 Å². The monoisotopic (exact) mass is 361 g/mol. The SMILES string of the molecule is CCC(Sc1c([O-])on[n+]1C)C(=O)Nc1cc(Cl)cc(Cl)c1. The van der Waals surface area contributed by atoms with Gasteiger partial charge in [-0.25, -0.2) is 0 Å². The number of halogens is 2. The summed E-state index contributed by atoms with van der Waals surface area (Å²) < 4.78 is 5.84. The number of carbonyl (C=O) groups excluding carboxylic acids is 1. The smallest absolute Gasteiger partial charge is 0.291 e. The maximum Gasteiger partial charge on any atom is 0.291 e. The van der Waals surface area contributed by atoms with Gasteiger partial charge in [0, 0.05) is 15.7 Å². The van der Waals surface area contributed by atoms with Crippen molar-refractivity contribution in [3.8, 4) is 5.95 Å². The van der Waals surface area contributed by atoms with Crippen molar-refractivity contribution >= 4 is 46.6 Å². The van der Waals surface area contributed by atoms with Gasteiger partial charge in [-0.2, -0.15) is 0 Å². The zero-order chi connectivity index (χ0) is 16.3. The van der Waals surface area contributed by atoms with E-state index in [0.717, 1.165) is 11.8 Å². The van der Waals surface area contributed by atoms with Crippen LogP contribution in [0.2, 0.25) is 10.0 Å². The summed E-state index contributed by atoms with van der Waals surface area (Å²) in [6.45, 7) is 1.85. The summed E-state index contributed by atoms with van der Waals surface area (Å²) in [5.41, 5.74) is 0.499. The van der Waals surface area contributed by atoms with Crippen LogP contribution in [0.4, 0.5) is 5.69 Å². The molecule has 22 heavy (non-hydrogen) atoms. The highest BCUT2D eigenvalue weighted by molar-refractivity contribution is 8.00. The highest BCUT2D eigenvalue weighted by Crippen LogP contribution is 2.29. The van der Waals surface area contributed by atoms with Gasteiger partial charge in [-0.15, -0.1) is 0 Å². The quantitative estimate of drug-likeness (QED) is 0.652. The molecular formula is C13H13Cl2N3O3S. The number of hydrogen-bond donors (Lipinski definition) is 1. The molecule has 1 amide bonds. The summed E-state index contributed by atoms with van der Waals surface area (Å²) in [5, 5.41) is 18.4. The molecule has 118 valence electrons. The van der Waals surface area contributed by atoms with Crippen molar-refractivity contribution in [3.05, 3.63) is 28.2 Å². The lowest BCUT2D eigenvalue weighted by atomic mass is 10.2. The molecule has 1 aromatic heterocycles. The fourth-order valence-corrected chi connectivity index (χ4v) is 3.18. The van der Waals surface area contributed by atoms with E-state index in [2.05, 4.69) is 15.1 Å². The number of thioether (sulfide) groups is 1. The van der Waals surface area contributed by atoms with Crippen molar-refractivity contribution in [2.24, 2.45) is 7.05 Å². The summed E-state index contributed by atoms with van der Waals surface area (Å²) in [5.74, 6) is -0.823. The van der Waals surface area contributed by atoms with Gasteiger partial charge < -0.3 is 14.9 Å². The minimum Gasteiger partial charge on any atom is -0.538 e. The highest BCUT2D eigenvalue weighted by Gasteiger charge is 2.25. The van der Waals surface area contributed by atoms with Crippen molar-refractivity contribution < 1.29 is 19.1 Å². The Morgan fingerprint density at radius 1 is 1.45 bits per heavy atom. The van der Waals surface area contributed by atoms with Gasteiger partial charge in [0.25, 0.3) is 5.03 Å². The largest absolute Gasteiger partial charge is 0.538 e. The van der Waals surface area contributed by atoms with Crippen molar-refractivity contribution in [2.45, 2.75) is 23.6 Å². The number of hydrogen-bond acceptors (Lipinski definition) is 5. The van der Waals surface area contributed by atoms with Crippen molar-refractivity contribution in [1.29, 1.82) is 0 Å². The highest BCUT2D eigenvalue weighted by atomic mass is 35.5. The van der Waals surface area contributed by atoms with Crippen LogP contribution in [0.5, 0.6) is 5.95 Å². The molecule has 2 aromatic rings. The fourth-order valence-electron chi connectivity index (χ4n) is 1.74. The number of benzene rings is 1. The van der Waals surface area contributed by atoms with Gasteiger partial charge in [0.1, 0.15) is 0 Å². The van der Waals surface area contributed by atoms with E-state index in [-0.39, 0.29) is 10.9 Å². The van der Waals surface area contributed by atoms with E-state index in [1.54, 1.807) is 25.2 Å². The van der Waals surface area contributed by atoms with E-state index in [1.807, 2.05) is 6.92 Å². The summed E-state index contributed by atoms with van der Waals surface area (Å²) in [6.07, 6.45) is 0.523. The lowest BCUT2D eigenvalue weighted by molar-refractivity contribution is -0.772. The Morgan fingerprint density at radius 3 is 2.59 bits per heavy atom. The number of aryl methyl sites for hydroxylation is 1. The molecule has 0 aliphatic heterocycles. The maximum atomic E-state index is 12.3. The van der Waals surface area contributed by atoms with E-state index >= 15 is 0 Å². The van der Waals surface area contributed by atoms with Crippen LogP contribution < -0.4 is 15.1 Å².